The van der Waals surface area contributed by atoms with Gasteiger partial charge in [-0.05, 0) is 43.0 Å². The lowest BCUT2D eigenvalue weighted by molar-refractivity contribution is 0.639. The molecule has 1 aliphatic carbocycles. The van der Waals surface area contributed by atoms with Crippen molar-refractivity contribution in [2.45, 2.75) is 19.4 Å². The molecule has 1 heteroatoms. The molecule has 0 bridgehead atoms. The zero-order valence-electron chi connectivity index (χ0n) is 8.29. The van der Waals surface area contributed by atoms with Gasteiger partial charge in [-0.25, -0.2) is 0 Å². The van der Waals surface area contributed by atoms with Crippen LogP contribution < -0.4 is 5.32 Å². The van der Waals surface area contributed by atoms with Gasteiger partial charge in [-0.1, -0.05) is 18.1 Å². The SMILES string of the molecule is C#Cc1ccc(CNCC2CC2)cc1. The molecule has 1 aromatic rings. The largest absolute Gasteiger partial charge is 0.312 e. The summed E-state index contributed by atoms with van der Waals surface area (Å²) >= 11 is 0. The number of rotatable bonds is 4. The van der Waals surface area contributed by atoms with Gasteiger partial charge < -0.3 is 5.32 Å². The van der Waals surface area contributed by atoms with Gasteiger partial charge in [-0.15, -0.1) is 6.42 Å². The van der Waals surface area contributed by atoms with Gasteiger partial charge in [0.2, 0.25) is 0 Å². The molecule has 0 unspecified atom stereocenters. The lowest BCUT2D eigenvalue weighted by Crippen LogP contribution is -2.15. The van der Waals surface area contributed by atoms with E-state index in [2.05, 4.69) is 23.4 Å². The Hall–Kier alpha value is -1.26. The first-order chi connectivity index (χ1) is 6.88. The molecule has 1 aliphatic rings. The Balaban J connectivity index is 1.80. The van der Waals surface area contributed by atoms with Crippen LogP contribution >= 0.6 is 0 Å². The van der Waals surface area contributed by atoms with Crippen molar-refractivity contribution in [1.29, 1.82) is 0 Å². The standard InChI is InChI=1S/C13H15N/c1-2-11-3-5-12(6-4-11)9-14-10-13-7-8-13/h1,3-6,13-14H,7-10H2. The van der Waals surface area contributed by atoms with E-state index in [0.717, 1.165) is 24.6 Å². The summed E-state index contributed by atoms with van der Waals surface area (Å²) in [6.07, 6.45) is 8.09. The molecule has 1 N–H and O–H groups in total. The molecule has 1 saturated carbocycles. The van der Waals surface area contributed by atoms with Crippen LogP contribution in [0.5, 0.6) is 0 Å². The smallest absolute Gasteiger partial charge is 0.0242 e. The normalized spacial score (nSPS) is 15.1. The molecule has 14 heavy (non-hydrogen) atoms. The van der Waals surface area contributed by atoms with Gasteiger partial charge in [-0.3, -0.25) is 0 Å². The van der Waals surface area contributed by atoms with E-state index in [4.69, 9.17) is 6.42 Å². The first-order valence-electron chi connectivity index (χ1n) is 5.15. The Bertz CT molecular complexity index is 327. The molecular formula is C13H15N. The summed E-state index contributed by atoms with van der Waals surface area (Å²) in [6, 6.07) is 8.17. The third-order valence-electron chi connectivity index (χ3n) is 2.58. The first kappa shape index (κ1) is 9.30. The van der Waals surface area contributed by atoms with E-state index < -0.39 is 0 Å². The zero-order chi connectivity index (χ0) is 9.80. The third kappa shape index (κ3) is 2.61. The Morgan fingerprint density at radius 1 is 1.29 bits per heavy atom. The van der Waals surface area contributed by atoms with Crippen LogP contribution in [-0.4, -0.2) is 6.54 Å². The number of benzene rings is 1. The molecule has 0 aromatic heterocycles. The monoisotopic (exact) mass is 185 g/mol. The molecule has 0 spiro atoms. The minimum atomic E-state index is 0.944. The van der Waals surface area contributed by atoms with Crippen molar-refractivity contribution in [2.24, 2.45) is 5.92 Å². The van der Waals surface area contributed by atoms with E-state index >= 15 is 0 Å². The van der Waals surface area contributed by atoms with Crippen LogP contribution in [0.25, 0.3) is 0 Å². The summed E-state index contributed by atoms with van der Waals surface area (Å²) in [7, 11) is 0. The van der Waals surface area contributed by atoms with Crippen molar-refractivity contribution in [2.75, 3.05) is 6.54 Å². The Labute approximate surface area is 85.5 Å². The summed E-state index contributed by atoms with van der Waals surface area (Å²) in [5.74, 6) is 3.56. The van der Waals surface area contributed by atoms with Gasteiger partial charge in [-0.2, -0.15) is 0 Å². The fraction of sp³-hybridized carbons (Fsp3) is 0.385. The Morgan fingerprint density at radius 3 is 2.57 bits per heavy atom. The average molecular weight is 185 g/mol. The number of nitrogens with one attached hydrogen (secondary N) is 1. The van der Waals surface area contributed by atoms with E-state index in [0.29, 0.717) is 0 Å². The minimum absolute atomic E-state index is 0.944. The van der Waals surface area contributed by atoms with Gasteiger partial charge in [0, 0.05) is 12.1 Å². The van der Waals surface area contributed by atoms with Crippen molar-refractivity contribution < 1.29 is 0 Å². The number of hydrogen-bond acceptors (Lipinski definition) is 1. The van der Waals surface area contributed by atoms with E-state index in [1.807, 2.05) is 12.1 Å². The third-order valence-corrected chi connectivity index (χ3v) is 2.58. The second-order valence-electron chi connectivity index (χ2n) is 3.92. The van der Waals surface area contributed by atoms with Gasteiger partial charge >= 0.3 is 0 Å². The molecule has 1 fully saturated rings. The lowest BCUT2D eigenvalue weighted by atomic mass is 10.1. The molecule has 0 amide bonds. The highest BCUT2D eigenvalue weighted by Crippen LogP contribution is 2.27. The molecule has 0 heterocycles. The average Bonchev–Trinajstić information content (AvgIpc) is 3.03. The van der Waals surface area contributed by atoms with Crippen LogP contribution in [0.4, 0.5) is 0 Å². The second-order valence-corrected chi connectivity index (χ2v) is 3.92. The molecule has 0 atom stereocenters. The predicted molar refractivity (Wildman–Crippen MR) is 58.8 cm³/mol. The highest BCUT2D eigenvalue weighted by atomic mass is 14.9. The molecular weight excluding hydrogens is 170 g/mol. The lowest BCUT2D eigenvalue weighted by Gasteiger charge is -2.03. The van der Waals surface area contributed by atoms with Gasteiger partial charge in [0.25, 0.3) is 0 Å². The summed E-state index contributed by atoms with van der Waals surface area (Å²) in [6.45, 7) is 2.12. The first-order valence-corrected chi connectivity index (χ1v) is 5.15. The van der Waals surface area contributed by atoms with E-state index in [1.54, 1.807) is 0 Å². The van der Waals surface area contributed by atoms with E-state index in [9.17, 15) is 0 Å². The second kappa shape index (κ2) is 4.30. The van der Waals surface area contributed by atoms with Crippen LogP contribution in [0.3, 0.4) is 0 Å². The highest BCUT2D eigenvalue weighted by Gasteiger charge is 2.19. The molecule has 72 valence electrons. The maximum Gasteiger partial charge on any atom is 0.0242 e. The van der Waals surface area contributed by atoms with Crippen molar-refractivity contribution in [1.82, 2.24) is 5.32 Å². The predicted octanol–water partition coefficient (Wildman–Crippen LogP) is 2.17. The van der Waals surface area contributed by atoms with Crippen LogP contribution in [0.15, 0.2) is 24.3 Å². The fourth-order valence-electron chi connectivity index (χ4n) is 1.46. The summed E-state index contributed by atoms with van der Waals surface area (Å²) < 4.78 is 0. The van der Waals surface area contributed by atoms with Crippen molar-refractivity contribution in [3.8, 4) is 12.3 Å². The number of terminal acetylenes is 1. The van der Waals surface area contributed by atoms with Crippen molar-refractivity contribution in [3.63, 3.8) is 0 Å². The van der Waals surface area contributed by atoms with Crippen LogP contribution in [0.2, 0.25) is 0 Å². The quantitative estimate of drug-likeness (QED) is 0.709. The van der Waals surface area contributed by atoms with Crippen LogP contribution in [0.1, 0.15) is 24.0 Å². The summed E-state index contributed by atoms with van der Waals surface area (Å²) in [5.41, 5.74) is 2.26. The molecule has 1 nitrogen and oxygen atoms in total. The highest BCUT2D eigenvalue weighted by molar-refractivity contribution is 5.34. The van der Waals surface area contributed by atoms with Crippen molar-refractivity contribution in [3.05, 3.63) is 35.4 Å². The van der Waals surface area contributed by atoms with Gasteiger partial charge in [0.05, 0.1) is 0 Å². The summed E-state index contributed by atoms with van der Waals surface area (Å²) in [5, 5.41) is 3.45. The molecule has 0 radical (unpaired) electrons. The van der Waals surface area contributed by atoms with Gasteiger partial charge in [0.15, 0.2) is 0 Å². The number of hydrogen-bond donors (Lipinski definition) is 1. The molecule has 2 rings (SSSR count). The molecule has 0 saturated heterocycles. The maximum absolute atomic E-state index is 5.28. The maximum atomic E-state index is 5.28. The van der Waals surface area contributed by atoms with Crippen LogP contribution in [0, 0.1) is 18.3 Å². The Kier molecular flexibility index (Phi) is 2.86. The van der Waals surface area contributed by atoms with Gasteiger partial charge in [0.1, 0.15) is 0 Å². The zero-order valence-corrected chi connectivity index (χ0v) is 8.29. The van der Waals surface area contributed by atoms with Crippen molar-refractivity contribution >= 4 is 0 Å². The van der Waals surface area contributed by atoms with E-state index in [-0.39, 0.29) is 0 Å². The summed E-state index contributed by atoms with van der Waals surface area (Å²) in [4.78, 5) is 0. The van der Waals surface area contributed by atoms with Crippen LogP contribution in [-0.2, 0) is 6.54 Å². The molecule has 1 aromatic carbocycles. The topological polar surface area (TPSA) is 12.0 Å². The minimum Gasteiger partial charge on any atom is -0.312 e. The molecule has 0 aliphatic heterocycles. The van der Waals surface area contributed by atoms with E-state index in [1.165, 1.54) is 18.4 Å². The fourth-order valence-corrected chi connectivity index (χ4v) is 1.46. The Morgan fingerprint density at radius 2 is 2.00 bits per heavy atom.